The average Bonchev–Trinajstić information content (AvgIpc) is 1.79. The summed E-state index contributed by atoms with van der Waals surface area (Å²) in [7, 11) is 0. The van der Waals surface area contributed by atoms with Crippen LogP contribution in [0.2, 0.25) is 5.02 Å². The molecule has 0 aromatic heterocycles. The molecule has 0 spiro atoms. The third-order valence-electron chi connectivity index (χ3n) is 2.11. The molecule has 0 radical (unpaired) electrons. The van der Waals surface area contributed by atoms with Gasteiger partial charge in [0.1, 0.15) is 0 Å². The van der Waals surface area contributed by atoms with Gasteiger partial charge in [-0.2, -0.15) is 0 Å². The van der Waals surface area contributed by atoms with Crippen LogP contribution in [0.15, 0.2) is 22.7 Å². The normalized spacial score (nSPS) is 22.0. The molecule has 1 aromatic carbocycles. The van der Waals surface area contributed by atoms with Crippen molar-refractivity contribution < 1.29 is 0 Å². The molecule has 1 N–H and O–H groups in total. The molecule has 0 amide bonds. The zero-order valence-corrected chi connectivity index (χ0v) is 8.82. The van der Waals surface area contributed by atoms with Gasteiger partial charge >= 0.3 is 0 Å². The first-order valence-electron chi connectivity index (χ1n) is 3.95. The van der Waals surface area contributed by atoms with Gasteiger partial charge in [0.25, 0.3) is 0 Å². The fourth-order valence-corrected chi connectivity index (χ4v) is 2.24. The molecule has 1 nitrogen and oxygen atoms in total. The Morgan fingerprint density at radius 2 is 2.17 bits per heavy atom. The van der Waals surface area contributed by atoms with Crippen LogP contribution >= 0.6 is 27.5 Å². The molecule has 0 saturated carbocycles. The summed E-state index contributed by atoms with van der Waals surface area (Å²) >= 11 is 9.34. The lowest BCUT2D eigenvalue weighted by Gasteiger charge is -2.28. The van der Waals surface area contributed by atoms with E-state index in [1.165, 1.54) is 12.0 Å². The quantitative estimate of drug-likeness (QED) is 0.803. The van der Waals surface area contributed by atoms with Gasteiger partial charge < -0.3 is 5.32 Å². The number of hydrogen-bond acceptors (Lipinski definition) is 1. The highest BCUT2D eigenvalue weighted by molar-refractivity contribution is 9.10. The highest BCUT2D eigenvalue weighted by atomic mass is 79.9. The van der Waals surface area contributed by atoms with Gasteiger partial charge in [-0.1, -0.05) is 27.5 Å². The van der Waals surface area contributed by atoms with Gasteiger partial charge in [0.05, 0.1) is 0 Å². The number of hydrogen-bond donors (Lipinski definition) is 1. The molecular formula is C9H9BrClN. The molecule has 0 aliphatic carbocycles. The van der Waals surface area contributed by atoms with Gasteiger partial charge in [0.2, 0.25) is 0 Å². The van der Waals surface area contributed by atoms with Crippen molar-refractivity contribution in [2.45, 2.75) is 12.5 Å². The fraction of sp³-hybridized carbons (Fsp3) is 0.333. The van der Waals surface area contributed by atoms with Crippen LogP contribution < -0.4 is 5.32 Å². The van der Waals surface area contributed by atoms with Crippen molar-refractivity contribution in [3.63, 3.8) is 0 Å². The maximum Gasteiger partial charge on any atom is 0.0420 e. The molecule has 1 fully saturated rings. The summed E-state index contributed by atoms with van der Waals surface area (Å²) in [4.78, 5) is 0. The molecule has 12 heavy (non-hydrogen) atoms. The first kappa shape index (κ1) is 8.54. The number of nitrogens with one attached hydrogen (secondary N) is 1. The SMILES string of the molecule is Clc1cc(Br)cc(C2CCN2)c1. The van der Waals surface area contributed by atoms with Crippen molar-refractivity contribution in [1.29, 1.82) is 0 Å². The second-order valence-electron chi connectivity index (χ2n) is 3.00. The van der Waals surface area contributed by atoms with E-state index >= 15 is 0 Å². The van der Waals surface area contributed by atoms with E-state index in [2.05, 4.69) is 27.3 Å². The van der Waals surface area contributed by atoms with E-state index in [1.807, 2.05) is 12.1 Å². The highest BCUT2D eigenvalue weighted by Gasteiger charge is 2.18. The summed E-state index contributed by atoms with van der Waals surface area (Å²) in [6, 6.07) is 6.55. The molecule has 1 heterocycles. The smallest absolute Gasteiger partial charge is 0.0420 e. The van der Waals surface area contributed by atoms with Crippen LogP contribution in [0.25, 0.3) is 0 Å². The van der Waals surface area contributed by atoms with Crippen LogP contribution in [0.3, 0.4) is 0 Å². The van der Waals surface area contributed by atoms with E-state index in [4.69, 9.17) is 11.6 Å². The van der Waals surface area contributed by atoms with Crippen molar-refractivity contribution >= 4 is 27.5 Å². The Morgan fingerprint density at radius 1 is 1.42 bits per heavy atom. The van der Waals surface area contributed by atoms with E-state index in [0.29, 0.717) is 6.04 Å². The molecule has 1 aliphatic heterocycles. The molecule has 1 unspecified atom stereocenters. The molecule has 64 valence electrons. The average molecular weight is 247 g/mol. The van der Waals surface area contributed by atoms with Gasteiger partial charge in [-0.05, 0) is 36.7 Å². The molecule has 3 heteroatoms. The minimum atomic E-state index is 0.514. The van der Waals surface area contributed by atoms with Gasteiger partial charge in [-0.25, -0.2) is 0 Å². The second-order valence-corrected chi connectivity index (χ2v) is 4.35. The largest absolute Gasteiger partial charge is 0.310 e. The lowest BCUT2D eigenvalue weighted by atomic mass is 9.98. The number of benzene rings is 1. The third kappa shape index (κ3) is 1.65. The lowest BCUT2D eigenvalue weighted by molar-refractivity contribution is 0.383. The van der Waals surface area contributed by atoms with Crippen LogP contribution in [0.5, 0.6) is 0 Å². The van der Waals surface area contributed by atoms with E-state index in [-0.39, 0.29) is 0 Å². The van der Waals surface area contributed by atoms with Crippen molar-refractivity contribution in [3.05, 3.63) is 33.3 Å². The Labute approximate surface area is 85.2 Å². The second kappa shape index (κ2) is 3.36. The van der Waals surface area contributed by atoms with E-state index in [0.717, 1.165) is 16.0 Å². The Bertz CT molecular complexity index is 276. The van der Waals surface area contributed by atoms with Crippen molar-refractivity contribution in [2.75, 3.05) is 6.54 Å². The zero-order chi connectivity index (χ0) is 8.55. The van der Waals surface area contributed by atoms with Crippen LogP contribution in [0.1, 0.15) is 18.0 Å². The van der Waals surface area contributed by atoms with Crippen LogP contribution in [-0.4, -0.2) is 6.54 Å². The first-order valence-corrected chi connectivity index (χ1v) is 5.12. The van der Waals surface area contributed by atoms with E-state index in [9.17, 15) is 0 Å². The van der Waals surface area contributed by atoms with Gasteiger partial charge in [0.15, 0.2) is 0 Å². The topological polar surface area (TPSA) is 12.0 Å². The number of rotatable bonds is 1. The van der Waals surface area contributed by atoms with Crippen LogP contribution in [-0.2, 0) is 0 Å². The summed E-state index contributed by atoms with van der Waals surface area (Å²) in [6.45, 7) is 1.12. The van der Waals surface area contributed by atoms with Gasteiger partial charge in [-0.15, -0.1) is 0 Å². The van der Waals surface area contributed by atoms with Gasteiger partial charge in [-0.3, -0.25) is 0 Å². The third-order valence-corrected chi connectivity index (χ3v) is 2.79. The van der Waals surface area contributed by atoms with Crippen LogP contribution in [0.4, 0.5) is 0 Å². The summed E-state index contributed by atoms with van der Waals surface area (Å²) in [6.07, 6.45) is 1.22. The molecule has 1 atom stereocenters. The highest BCUT2D eigenvalue weighted by Crippen LogP contribution is 2.28. The van der Waals surface area contributed by atoms with Crippen molar-refractivity contribution in [1.82, 2.24) is 5.32 Å². The molecular weight excluding hydrogens is 237 g/mol. The molecule has 2 rings (SSSR count). The summed E-state index contributed by atoms with van der Waals surface area (Å²) in [5.41, 5.74) is 1.28. The Kier molecular flexibility index (Phi) is 2.40. The molecule has 1 aliphatic rings. The summed E-state index contributed by atoms with van der Waals surface area (Å²) in [5.74, 6) is 0. The van der Waals surface area contributed by atoms with Crippen molar-refractivity contribution in [2.24, 2.45) is 0 Å². The summed E-state index contributed by atoms with van der Waals surface area (Å²) < 4.78 is 1.05. The number of halogens is 2. The molecule has 0 bridgehead atoms. The predicted molar refractivity (Wildman–Crippen MR) is 54.5 cm³/mol. The van der Waals surface area contributed by atoms with Crippen LogP contribution in [0, 0.1) is 0 Å². The zero-order valence-electron chi connectivity index (χ0n) is 6.48. The maximum atomic E-state index is 5.92. The van der Waals surface area contributed by atoms with E-state index < -0.39 is 0 Å². The minimum absolute atomic E-state index is 0.514. The predicted octanol–water partition coefficient (Wildman–Crippen LogP) is 3.14. The fourth-order valence-electron chi connectivity index (χ4n) is 1.35. The Morgan fingerprint density at radius 3 is 2.67 bits per heavy atom. The Balaban J connectivity index is 2.30. The van der Waals surface area contributed by atoms with Crippen molar-refractivity contribution in [3.8, 4) is 0 Å². The maximum absolute atomic E-state index is 5.92. The van der Waals surface area contributed by atoms with E-state index in [1.54, 1.807) is 0 Å². The Hall–Kier alpha value is -0.0500. The first-order chi connectivity index (χ1) is 5.75. The van der Waals surface area contributed by atoms with Gasteiger partial charge in [0, 0.05) is 15.5 Å². The monoisotopic (exact) mass is 245 g/mol. The molecule has 1 aromatic rings. The standard InChI is InChI=1S/C9H9BrClN/c10-7-3-6(4-8(11)5-7)9-1-2-12-9/h3-5,9,12H,1-2H2. The lowest BCUT2D eigenvalue weighted by Crippen LogP contribution is -2.34. The minimum Gasteiger partial charge on any atom is -0.310 e. The summed E-state index contributed by atoms with van der Waals surface area (Å²) in [5, 5.41) is 4.14. The molecule has 1 saturated heterocycles.